The molecule has 0 N–H and O–H groups in total. The Morgan fingerprint density at radius 2 is 0.361 bits per heavy atom. The quantitative estimate of drug-likeness (QED) is 0.120. The number of furan rings is 3. The molecule has 0 radical (unpaired) electrons. The Kier molecular flexibility index (Phi) is 19.7. The molecule has 0 saturated carbocycles. The van der Waals surface area contributed by atoms with Crippen molar-refractivity contribution < 1.29 is 13.3 Å². The molecule has 0 bridgehead atoms. The first-order valence-corrected chi connectivity index (χ1v) is 49.4. The second-order valence-corrected chi connectivity index (χ2v) is 37.7. The Morgan fingerprint density at radius 1 is 0.109 bits per heavy atom. The van der Waals surface area contributed by atoms with E-state index in [0.29, 0.717) is 52.4 Å². The van der Waals surface area contributed by atoms with Crippen LogP contribution in [0.25, 0.3) is 309 Å². The van der Waals surface area contributed by atoms with Gasteiger partial charge in [-0.25, -0.2) is 44.9 Å². The van der Waals surface area contributed by atoms with Gasteiger partial charge in [-0.3, -0.25) is 0 Å². The van der Waals surface area contributed by atoms with Gasteiger partial charge in [-0.05, 0) is 244 Å². The highest BCUT2D eigenvalue weighted by molar-refractivity contribution is 6.22. The first-order chi connectivity index (χ1) is 72.7. The van der Waals surface area contributed by atoms with E-state index in [1.54, 1.807) is 0 Å². The lowest BCUT2D eigenvalue weighted by Gasteiger charge is -2.15. The maximum Gasteiger partial charge on any atom is 0.164 e. The lowest BCUT2D eigenvalue weighted by molar-refractivity contribution is 0.668. The van der Waals surface area contributed by atoms with E-state index in [1.165, 1.54) is 97.0 Å². The molecule has 31 rings (SSSR count). The number of hydrogen-bond donors (Lipinski definition) is 0. The van der Waals surface area contributed by atoms with Crippen LogP contribution in [-0.2, 0) is 0 Å². The van der Waals surface area contributed by atoms with Gasteiger partial charge in [0.15, 0.2) is 52.4 Å². The van der Waals surface area contributed by atoms with E-state index in [0.717, 1.165) is 159 Å². The van der Waals surface area contributed by atoms with Crippen molar-refractivity contribution in [3.63, 3.8) is 0 Å². The number of hydrogen-bond acceptors (Lipinski definition) is 12. The minimum absolute atomic E-state index is 0.609. The first-order valence-electron chi connectivity index (χ1n) is 49.4. The standard InChI is InChI=1S/C49H29N3O.2C43H25N3O/c1-2-11-31(12-3-1)47-50-48(36-21-25-46-43(29-36)41-16-8-9-17-45(41)53-46)52-49(51-47)44-28-33-14-5-4-13-32(33)27-42(44)35-19-22-38-34(26-35)20-24-39-37-15-7-6-10-30(37)18-23-40(38)39;1-2-10-28-24-30(17-16-26(28)8-1)41-44-42(46-43(45-41)37-13-7-15-39-40(37)36-12-5-6-14-38(36)47-39)31-20-21-33-29(25-31)19-23-34-32-11-4-3-9-27(32)18-22-35(33)34;1-2-9-28-23-30(14-13-26(28)7-1)41-44-42(46-43(45-41)32-18-22-40-38(25-32)37-11-5-6-12-39(37)47-40)31-17-19-34-29(24-31)16-21-35-33-10-4-3-8-27(33)15-20-36(34)35/h1-29H;2*1-25H. The molecule has 25 aromatic carbocycles. The minimum Gasteiger partial charge on any atom is -0.456 e. The third-order valence-corrected chi connectivity index (χ3v) is 29.0. The van der Waals surface area contributed by atoms with Crippen LogP contribution in [-0.4, -0.2) is 44.9 Å². The van der Waals surface area contributed by atoms with Crippen molar-refractivity contribution in [2.24, 2.45) is 0 Å². The van der Waals surface area contributed by atoms with Crippen LogP contribution in [0, 0.1) is 0 Å². The topological polar surface area (TPSA) is 155 Å². The van der Waals surface area contributed by atoms with E-state index in [-0.39, 0.29) is 0 Å². The molecule has 6 heterocycles. The van der Waals surface area contributed by atoms with Crippen LogP contribution in [0.3, 0.4) is 0 Å². The number of para-hydroxylation sites is 3. The van der Waals surface area contributed by atoms with Gasteiger partial charge in [0.1, 0.15) is 33.5 Å². The van der Waals surface area contributed by atoms with Crippen molar-refractivity contribution in [3.8, 4) is 114 Å². The van der Waals surface area contributed by atoms with E-state index >= 15 is 0 Å². The summed E-state index contributed by atoms with van der Waals surface area (Å²) in [7, 11) is 0. The molecule has 0 atom stereocenters. The second-order valence-electron chi connectivity index (χ2n) is 37.7. The van der Waals surface area contributed by atoms with E-state index in [9.17, 15) is 0 Å². The molecule has 147 heavy (non-hydrogen) atoms. The molecule has 12 heteroatoms. The molecule has 31 aromatic rings. The SMILES string of the molecule is c1ccc(-c2nc(-c3ccc4oc5ccccc5c4c3)nc(-c3cc4ccccc4cc3-c3ccc4c(ccc5c6ccccc6ccc45)c3)n2)cc1.c1ccc2cc(-c3nc(-c4ccc5c(ccc6c7ccccc7ccc56)c4)nc(-c4ccc5oc6ccccc6c5c4)n3)ccc2c1.c1ccc2cc(-c3nc(-c4ccc5c(ccc6c7ccccc7ccc56)c4)nc(-c4cccc5oc6ccccc6c45)n3)ccc2c1. The molecule has 0 fully saturated rings. The average Bonchev–Trinajstić information content (AvgIpc) is 1.54. The molecule has 0 aliphatic heterocycles. The predicted molar refractivity (Wildman–Crippen MR) is 606 cm³/mol. The summed E-state index contributed by atoms with van der Waals surface area (Å²) in [5.41, 5.74) is 15.6. The Balaban J connectivity index is 0.000000104. The van der Waals surface area contributed by atoms with Crippen molar-refractivity contribution in [1.82, 2.24) is 44.9 Å². The zero-order valence-electron chi connectivity index (χ0n) is 78.9. The van der Waals surface area contributed by atoms with Crippen LogP contribution in [0.2, 0.25) is 0 Å². The summed E-state index contributed by atoms with van der Waals surface area (Å²) in [6.45, 7) is 0. The molecule has 682 valence electrons. The predicted octanol–water partition coefficient (Wildman–Crippen LogP) is 35.8. The highest BCUT2D eigenvalue weighted by Gasteiger charge is 2.25. The maximum atomic E-state index is 6.23. The molecule has 0 aliphatic carbocycles. The highest BCUT2D eigenvalue weighted by atomic mass is 16.3. The van der Waals surface area contributed by atoms with E-state index < -0.39 is 0 Å². The van der Waals surface area contributed by atoms with Crippen LogP contribution in [0.1, 0.15) is 0 Å². The average molecular weight is 1880 g/mol. The van der Waals surface area contributed by atoms with Gasteiger partial charge in [0.05, 0.1) is 0 Å². The highest BCUT2D eigenvalue weighted by Crippen LogP contribution is 2.46. The third-order valence-electron chi connectivity index (χ3n) is 29.0. The number of aromatic nitrogens is 9. The summed E-state index contributed by atoms with van der Waals surface area (Å²) in [6, 6.07) is 168. The summed E-state index contributed by atoms with van der Waals surface area (Å²) in [6.07, 6.45) is 0. The Labute approximate surface area is 840 Å². The molecule has 0 unspecified atom stereocenters. The molecule has 0 amide bonds. The Hall–Kier alpha value is -20.0. The molecule has 0 aliphatic rings. The monoisotopic (exact) mass is 1870 g/mol. The molecular formula is C135H79N9O3. The van der Waals surface area contributed by atoms with Crippen LogP contribution >= 0.6 is 0 Å². The fourth-order valence-corrected chi connectivity index (χ4v) is 21.8. The van der Waals surface area contributed by atoms with Gasteiger partial charge < -0.3 is 13.3 Å². The van der Waals surface area contributed by atoms with Crippen LogP contribution in [0.4, 0.5) is 0 Å². The lowest BCUT2D eigenvalue weighted by atomic mass is 9.91. The summed E-state index contributed by atoms with van der Waals surface area (Å²) in [4.78, 5) is 46.1. The fourth-order valence-electron chi connectivity index (χ4n) is 21.8. The lowest BCUT2D eigenvalue weighted by Crippen LogP contribution is -2.01. The molecule has 12 nitrogen and oxygen atoms in total. The van der Waals surface area contributed by atoms with Crippen LogP contribution < -0.4 is 0 Å². The normalized spacial score (nSPS) is 11.8. The number of benzene rings is 25. The van der Waals surface area contributed by atoms with E-state index in [1.807, 2.05) is 121 Å². The molecule has 6 aromatic heterocycles. The van der Waals surface area contributed by atoms with Crippen LogP contribution in [0.15, 0.2) is 492 Å². The number of rotatable bonds is 10. The van der Waals surface area contributed by atoms with Crippen molar-refractivity contribution in [2.45, 2.75) is 0 Å². The number of fused-ring (bicyclic) bond motifs is 27. The summed E-state index contributed by atoms with van der Waals surface area (Å²) in [5.74, 6) is 5.62. The summed E-state index contributed by atoms with van der Waals surface area (Å²) in [5, 5.41) is 35.3. The number of nitrogens with zero attached hydrogens (tertiary/aromatic N) is 9. The second kappa shape index (κ2) is 34.5. The van der Waals surface area contributed by atoms with Gasteiger partial charge >= 0.3 is 0 Å². The van der Waals surface area contributed by atoms with Crippen molar-refractivity contribution in [1.29, 1.82) is 0 Å². The van der Waals surface area contributed by atoms with Crippen LogP contribution in [0.5, 0.6) is 0 Å². The maximum absolute atomic E-state index is 6.23. The smallest absolute Gasteiger partial charge is 0.164 e. The molecular weight excluding hydrogens is 1800 g/mol. The van der Waals surface area contributed by atoms with Gasteiger partial charge in [0, 0.05) is 82.4 Å². The van der Waals surface area contributed by atoms with Gasteiger partial charge in [0.2, 0.25) is 0 Å². The molecule has 0 spiro atoms. The van der Waals surface area contributed by atoms with Crippen molar-refractivity contribution in [2.75, 3.05) is 0 Å². The van der Waals surface area contributed by atoms with Gasteiger partial charge in [-0.2, -0.15) is 0 Å². The summed E-state index contributed by atoms with van der Waals surface area (Å²) < 4.78 is 18.5. The zero-order chi connectivity index (χ0) is 96.7. The van der Waals surface area contributed by atoms with E-state index in [4.69, 9.17) is 58.1 Å². The first kappa shape index (κ1) is 84.0. The van der Waals surface area contributed by atoms with Gasteiger partial charge in [0.25, 0.3) is 0 Å². The third kappa shape index (κ3) is 14.8. The van der Waals surface area contributed by atoms with Crippen molar-refractivity contribution >= 4 is 195 Å². The van der Waals surface area contributed by atoms with E-state index in [2.05, 4.69) is 358 Å². The fraction of sp³-hybridized carbons (Fsp3) is 0. The van der Waals surface area contributed by atoms with Gasteiger partial charge in [-0.1, -0.05) is 376 Å². The Morgan fingerprint density at radius 3 is 0.789 bits per heavy atom. The Bertz CT molecular complexity index is 10900. The minimum atomic E-state index is 0.609. The summed E-state index contributed by atoms with van der Waals surface area (Å²) >= 11 is 0. The largest absolute Gasteiger partial charge is 0.456 e. The van der Waals surface area contributed by atoms with Gasteiger partial charge in [-0.15, -0.1) is 0 Å². The molecule has 0 saturated heterocycles. The zero-order valence-corrected chi connectivity index (χ0v) is 78.9. The van der Waals surface area contributed by atoms with Crippen molar-refractivity contribution in [3.05, 3.63) is 479 Å².